The van der Waals surface area contributed by atoms with E-state index in [0.717, 1.165) is 31.5 Å². The van der Waals surface area contributed by atoms with E-state index in [1.165, 1.54) is 31.1 Å². The molecule has 0 bridgehead atoms. The summed E-state index contributed by atoms with van der Waals surface area (Å²) in [6, 6.07) is 34.4. The molecule has 184 valence electrons. The van der Waals surface area contributed by atoms with Crippen molar-refractivity contribution < 1.29 is 9.47 Å². The van der Waals surface area contributed by atoms with Crippen LogP contribution in [-0.4, -0.2) is 6.29 Å². The van der Waals surface area contributed by atoms with Gasteiger partial charge in [0.1, 0.15) is 5.75 Å². The molecular weight excluding hydrogens is 805 g/mol. The highest BCUT2D eigenvalue weighted by Crippen LogP contribution is 2.37. The van der Waals surface area contributed by atoms with Gasteiger partial charge in [0, 0.05) is 9.49 Å². The lowest BCUT2D eigenvalue weighted by atomic mass is 10.1. The van der Waals surface area contributed by atoms with Crippen molar-refractivity contribution in [3.8, 4) is 11.5 Å². The summed E-state index contributed by atoms with van der Waals surface area (Å²) in [5.41, 5.74) is 0. The molecule has 1 saturated carbocycles. The minimum Gasteiger partial charge on any atom is -0.455 e. The van der Waals surface area contributed by atoms with Crippen LogP contribution < -0.4 is 9.47 Å². The predicted octanol–water partition coefficient (Wildman–Crippen LogP) is 9.57. The van der Waals surface area contributed by atoms with E-state index in [4.69, 9.17) is 9.47 Å². The summed E-state index contributed by atoms with van der Waals surface area (Å²) >= 11 is 7.10. The Balaban J connectivity index is 1.41. The van der Waals surface area contributed by atoms with Crippen LogP contribution in [0.2, 0.25) is 0 Å². The van der Waals surface area contributed by atoms with Gasteiger partial charge in [-0.2, -0.15) is 0 Å². The highest BCUT2D eigenvalue weighted by atomic mass is 127. The van der Waals surface area contributed by atoms with Crippen molar-refractivity contribution in [2.75, 3.05) is 0 Å². The zero-order valence-corrected chi connectivity index (χ0v) is 26.9. The molecule has 36 heavy (non-hydrogen) atoms. The van der Waals surface area contributed by atoms with E-state index in [-0.39, 0.29) is 17.2 Å². The number of benzene rings is 4. The summed E-state index contributed by atoms with van der Waals surface area (Å²) < 4.78 is 16.6. The lowest BCUT2D eigenvalue weighted by Crippen LogP contribution is -2.32. The van der Waals surface area contributed by atoms with Crippen molar-refractivity contribution in [2.45, 2.75) is 46.7 Å². The van der Waals surface area contributed by atoms with Crippen LogP contribution in [0.25, 0.3) is 0 Å². The average Bonchev–Trinajstić information content (AvgIpc) is 3.43. The highest BCUT2D eigenvalue weighted by Gasteiger charge is 2.31. The zero-order valence-electron chi connectivity index (χ0n) is 19.6. The lowest BCUT2D eigenvalue weighted by molar-refractivity contribution is -0.0400. The Labute approximate surface area is 257 Å². The van der Waals surface area contributed by atoms with Gasteiger partial charge in [-0.3, -0.25) is 0 Å². The van der Waals surface area contributed by atoms with E-state index in [9.17, 15) is 0 Å². The van der Waals surface area contributed by atoms with Gasteiger partial charge in [-0.1, -0.05) is 49.2 Å². The Hall–Kier alpha value is -0.980. The monoisotopic (exact) mass is 831 g/mol. The summed E-state index contributed by atoms with van der Waals surface area (Å²) in [4.78, 5) is 3.90. The van der Waals surface area contributed by atoms with Crippen LogP contribution in [0.5, 0.6) is 11.5 Å². The van der Waals surface area contributed by atoms with E-state index in [1.54, 1.807) is 0 Å². The Morgan fingerprint density at radius 3 is 1.67 bits per heavy atom. The summed E-state index contributed by atoms with van der Waals surface area (Å²) in [5.74, 6) is 2.19. The molecule has 1 aliphatic carbocycles. The van der Waals surface area contributed by atoms with Gasteiger partial charge in [-0.25, -0.2) is 0 Å². The van der Waals surface area contributed by atoms with Crippen LogP contribution in [0.1, 0.15) is 25.7 Å². The van der Waals surface area contributed by atoms with Gasteiger partial charge in [-0.15, -0.1) is 0 Å². The number of rotatable bonds is 8. The molecule has 1 atom stereocenters. The smallest absolute Gasteiger partial charge is 0.244 e. The van der Waals surface area contributed by atoms with E-state index in [1.807, 2.05) is 0 Å². The fraction of sp³-hybridized carbons (Fsp3) is 0.200. The quantitative estimate of drug-likeness (QED) is 0.100. The molecule has 0 saturated heterocycles. The molecule has 4 aromatic rings. The van der Waals surface area contributed by atoms with Gasteiger partial charge >= 0.3 is 0 Å². The normalized spacial score (nSPS) is 14.7. The molecule has 5 rings (SSSR count). The molecule has 0 radical (unpaired) electrons. The summed E-state index contributed by atoms with van der Waals surface area (Å²) in [7, 11) is -0.167. The van der Waals surface area contributed by atoms with Crippen molar-refractivity contribution in [1.82, 2.24) is 0 Å². The third kappa shape index (κ3) is 6.53. The molecule has 4 aromatic carbocycles. The fourth-order valence-electron chi connectivity index (χ4n) is 4.51. The van der Waals surface area contributed by atoms with Gasteiger partial charge in [0.15, 0.2) is 20.4 Å². The van der Waals surface area contributed by atoms with Gasteiger partial charge in [-0.05, 0) is 141 Å². The van der Waals surface area contributed by atoms with Crippen LogP contribution in [0.15, 0.2) is 112 Å². The van der Waals surface area contributed by atoms with E-state index in [0.29, 0.717) is 5.92 Å². The van der Waals surface area contributed by atoms with Gasteiger partial charge in [0.2, 0.25) is 6.29 Å². The molecule has 1 aliphatic rings. The first kappa shape index (κ1) is 26.6. The number of halogens is 3. The first-order valence-corrected chi connectivity index (χ1v) is 16.5. The Morgan fingerprint density at radius 2 is 1.14 bits per heavy atom. The number of hydrogen-bond donors (Lipinski definition) is 0. The molecule has 0 aliphatic heterocycles. The van der Waals surface area contributed by atoms with Crippen molar-refractivity contribution in [1.29, 1.82) is 0 Å². The Bertz CT molecular complexity index is 1210. The van der Waals surface area contributed by atoms with Gasteiger partial charge in [0.05, 0.1) is 18.0 Å². The van der Waals surface area contributed by atoms with Crippen molar-refractivity contribution in [2.24, 2.45) is 5.92 Å². The number of ether oxygens (including phenoxy) is 2. The first-order valence-electron chi connectivity index (χ1n) is 12.0. The maximum atomic E-state index is 6.60. The van der Waals surface area contributed by atoms with Crippen LogP contribution >= 0.6 is 67.8 Å². The maximum absolute atomic E-state index is 6.60. The van der Waals surface area contributed by atoms with E-state index >= 15 is 0 Å². The zero-order chi connectivity index (χ0) is 24.9. The molecular formula is C30H26I3O2S+. The second-order valence-electron chi connectivity index (χ2n) is 8.75. The van der Waals surface area contributed by atoms with Crippen LogP contribution in [0, 0.1) is 16.6 Å². The van der Waals surface area contributed by atoms with Crippen LogP contribution in [0.3, 0.4) is 0 Å². The van der Waals surface area contributed by atoms with Gasteiger partial charge < -0.3 is 9.47 Å². The molecule has 0 spiro atoms. The minimum atomic E-state index is -0.290. The molecule has 1 unspecified atom stereocenters. The second-order valence-corrected chi connectivity index (χ2v) is 14.3. The SMILES string of the molecule is Ic1cc(I)c(OC(Oc2ccc([S+](c3ccccc3)c3ccccc3)cc2)C2CCCC2)c(I)c1. The van der Waals surface area contributed by atoms with E-state index < -0.39 is 0 Å². The predicted molar refractivity (Wildman–Crippen MR) is 173 cm³/mol. The molecule has 0 amide bonds. The Kier molecular flexibility index (Phi) is 9.40. The lowest BCUT2D eigenvalue weighted by Gasteiger charge is -2.26. The first-order chi connectivity index (χ1) is 17.6. The van der Waals surface area contributed by atoms with Crippen LogP contribution in [0.4, 0.5) is 0 Å². The molecule has 0 N–H and O–H groups in total. The largest absolute Gasteiger partial charge is 0.455 e. The third-order valence-corrected chi connectivity index (χ3v) is 10.7. The second kappa shape index (κ2) is 12.7. The highest BCUT2D eigenvalue weighted by molar-refractivity contribution is 14.1. The van der Waals surface area contributed by atoms with E-state index in [2.05, 4.69) is 165 Å². The maximum Gasteiger partial charge on any atom is 0.244 e. The average molecular weight is 831 g/mol. The van der Waals surface area contributed by atoms with Crippen LogP contribution in [-0.2, 0) is 10.9 Å². The van der Waals surface area contributed by atoms with Crippen molar-refractivity contribution >= 4 is 78.7 Å². The number of hydrogen-bond acceptors (Lipinski definition) is 2. The molecule has 2 nitrogen and oxygen atoms in total. The third-order valence-electron chi connectivity index (χ3n) is 6.25. The molecule has 1 fully saturated rings. The summed E-state index contributed by atoms with van der Waals surface area (Å²) in [6.45, 7) is 0. The fourth-order valence-corrected chi connectivity index (χ4v) is 10.4. The summed E-state index contributed by atoms with van der Waals surface area (Å²) in [5, 5.41) is 0. The summed E-state index contributed by atoms with van der Waals surface area (Å²) in [6.07, 6.45) is 4.48. The Morgan fingerprint density at radius 1 is 0.639 bits per heavy atom. The van der Waals surface area contributed by atoms with Crippen molar-refractivity contribution in [3.05, 3.63) is 108 Å². The van der Waals surface area contributed by atoms with Crippen molar-refractivity contribution in [3.63, 3.8) is 0 Å². The minimum absolute atomic E-state index is 0.167. The van der Waals surface area contributed by atoms with Gasteiger partial charge in [0.25, 0.3) is 0 Å². The molecule has 6 heteroatoms. The standard InChI is InChI=1S/C30H26I3O2S/c31-22-19-27(32)29(28(33)20-22)35-30(21-9-7-8-10-21)34-23-15-17-26(18-16-23)36(24-11-3-1-4-12-24)25-13-5-2-6-14-25/h1-6,11-21,30H,7-10H2/q+1. The topological polar surface area (TPSA) is 18.5 Å². The molecule has 0 aromatic heterocycles. The molecule has 0 heterocycles.